The molecule has 0 N–H and O–H groups in total. The van der Waals surface area contributed by atoms with Crippen LogP contribution in [0.1, 0.15) is 0 Å². The average molecular weight is 680 g/mol. The van der Waals surface area contributed by atoms with Crippen molar-refractivity contribution in [2.75, 3.05) is 4.90 Å². The third kappa shape index (κ3) is 5.34. The molecule has 5 heteroatoms. The molecule has 5 nitrogen and oxygen atoms in total. The number of rotatable bonds is 7. The Labute approximate surface area is 307 Å². The van der Waals surface area contributed by atoms with Crippen molar-refractivity contribution in [1.82, 2.24) is 18.9 Å². The van der Waals surface area contributed by atoms with E-state index in [2.05, 4.69) is 202 Å². The lowest BCUT2D eigenvalue weighted by Crippen LogP contribution is -2.09. The van der Waals surface area contributed by atoms with E-state index in [1.807, 2.05) is 12.1 Å². The Morgan fingerprint density at radius 3 is 1.68 bits per heavy atom. The summed E-state index contributed by atoms with van der Waals surface area (Å²) in [5.74, 6) is 0.669. The summed E-state index contributed by atoms with van der Waals surface area (Å²) in [6.07, 6.45) is 2.09. The standard InChI is InChI=1S/C48H33N5/c1-5-15-35(16-6-1)46-47(36-17-7-2-8-18-36)51-32-31-43(49-48(51)50-46)34-25-27-39(28-26-34)53-44-24-14-13-23-41(44)42-33-40(29-30-45(42)53)52(37-19-9-3-10-20-37)38-21-11-4-12-22-38/h1-33H. The van der Waals surface area contributed by atoms with E-state index in [4.69, 9.17) is 9.97 Å². The van der Waals surface area contributed by atoms with Crippen molar-refractivity contribution in [2.45, 2.75) is 0 Å². The Morgan fingerprint density at radius 1 is 0.415 bits per heavy atom. The molecule has 10 rings (SSSR count). The Balaban J connectivity index is 1.06. The minimum Gasteiger partial charge on any atom is -0.310 e. The van der Waals surface area contributed by atoms with Crippen LogP contribution in [0.2, 0.25) is 0 Å². The van der Waals surface area contributed by atoms with Crippen molar-refractivity contribution in [2.24, 2.45) is 0 Å². The fraction of sp³-hybridized carbons (Fsp3) is 0. The number of fused-ring (bicyclic) bond motifs is 4. The molecule has 0 aliphatic carbocycles. The third-order valence-corrected chi connectivity index (χ3v) is 9.95. The smallest absolute Gasteiger partial charge is 0.235 e. The first kappa shape index (κ1) is 30.6. The Bertz CT molecular complexity index is 2820. The van der Waals surface area contributed by atoms with Crippen LogP contribution in [0.15, 0.2) is 200 Å². The van der Waals surface area contributed by atoms with Gasteiger partial charge in [-0.25, -0.2) is 9.97 Å². The van der Waals surface area contributed by atoms with Crippen LogP contribution >= 0.6 is 0 Å². The maximum Gasteiger partial charge on any atom is 0.235 e. The van der Waals surface area contributed by atoms with Gasteiger partial charge < -0.3 is 9.47 Å². The molecular formula is C48H33N5. The Hall–Kier alpha value is -7.24. The lowest BCUT2D eigenvalue weighted by Gasteiger charge is -2.25. The first-order valence-electron chi connectivity index (χ1n) is 17.8. The second-order valence-corrected chi connectivity index (χ2v) is 13.1. The van der Waals surface area contributed by atoms with Gasteiger partial charge in [0, 0.05) is 56.4 Å². The average Bonchev–Trinajstić information content (AvgIpc) is 3.78. The van der Waals surface area contributed by atoms with E-state index in [1.54, 1.807) is 0 Å². The molecule has 0 radical (unpaired) electrons. The van der Waals surface area contributed by atoms with Crippen LogP contribution in [0.25, 0.3) is 67.0 Å². The number of anilines is 3. The van der Waals surface area contributed by atoms with Gasteiger partial charge in [0.15, 0.2) is 0 Å². The van der Waals surface area contributed by atoms with Gasteiger partial charge in [-0.15, -0.1) is 0 Å². The lowest BCUT2D eigenvalue weighted by atomic mass is 10.1. The van der Waals surface area contributed by atoms with Crippen molar-refractivity contribution in [3.05, 3.63) is 200 Å². The predicted molar refractivity (Wildman–Crippen MR) is 218 cm³/mol. The molecule has 0 amide bonds. The summed E-state index contributed by atoms with van der Waals surface area (Å²) in [5.41, 5.74) is 12.8. The summed E-state index contributed by atoms with van der Waals surface area (Å²) in [5, 5.41) is 2.42. The maximum absolute atomic E-state index is 5.09. The monoisotopic (exact) mass is 679 g/mol. The fourth-order valence-electron chi connectivity index (χ4n) is 7.52. The summed E-state index contributed by atoms with van der Waals surface area (Å²) in [6.45, 7) is 0. The van der Waals surface area contributed by atoms with E-state index in [1.165, 1.54) is 10.8 Å². The normalized spacial score (nSPS) is 11.4. The molecule has 3 aromatic heterocycles. The fourth-order valence-corrected chi connectivity index (χ4v) is 7.52. The van der Waals surface area contributed by atoms with Gasteiger partial charge >= 0.3 is 0 Å². The van der Waals surface area contributed by atoms with E-state index in [9.17, 15) is 0 Å². The van der Waals surface area contributed by atoms with Crippen molar-refractivity contribution in [3.8, 4) is 39.5 Å². The molecule has 250 valence electrons. The molecule has 0 unspecified atom stereocenters. The first-order chi connectivity index (χ1) is 26.3. The Kier molecular flexibility index (Phi) is 7.40. The van der Waals surface area contributed by atoms with E-state index >= 15 is 0 Å². The SMILES string of the molecule is c1ccc(-c2nc3nc(-c4ccc(-n5c6ccccc6c6cc(N(c7ccccc7)c7ccccc7)ccc65)cc4)ccn3c2-c2ccccc2)cc1. The minimum absolute atomic E-state index is 0.669. The largest absolute Gasteiger partial charge is 0.310 e. The predicted octanol–water partition coefficient (Wildman–Crippen LogP) is 12.3. The van der Waals surface area contributed by atoms with Gasteiger partial charge in [-0.1, -0.05) is 127 Å². The van der Waals surface area contributed by atoms with Crippen LogP contribution < -0.4 is 4.90 Å². The second-order valence-electron chi connectivity index (χ2n) is 13.1. The van der Waals surface area contributed by atoms with Crippen LogP contribution in [0.4, 0.5) is 17.1 Å². The lowest BCUT2D eigenvalue weighted by molar-refractivity contribution is 1.11. The summed E-state index contributed by atoms with van der Waals surface area (Å²) < 4.78 is 4.45. The molecule has 10 aromatic rings. The number of nitrogens with zero attached hydrogens (tertiary/aromatic N) is 5. The number of hydrogen-bond donors (Lipinski definition) is 0. The molecule has 7 aromatic carbocycles. The number of para-hydroxylation sites is 3. The van der Waals surface area contributed by atoms with Crippen LogP contribution in [0.3, 0.4) is 0 Å². The van der Waals surface area contributed by atoms with E-state index in [-0.39, 0.29) is 0 Å². The zero-order chi connectivity index (χ0) is 35.1. The summed E-state index contributed by atoms with van der Waals surface area (Å²) in [4.78, 5) is 12.5. The number of imidazole rings is 1. The van der Waals surface area contributed by atoms with Gasteiger partial charge in [-0.05, 0) is 66.7 Å². The highest BCUT2D eigenvalue weighted by molar-refractivity contribution is 6.10. The molecule has 0 saturated heterocycles. The maximum atomic E-state index is 5.09. The van der Waals surface area contributed by atoms with Crippen LogP contribution in [-0.2, 0) is 0 Å². The molecule has 0 bridgehead atoms. The number of benzene rings is 7. The van der Waals surface area contributed by atoms with E-state index < -0.39 is 0 Å². The highest BCUT2D eigenvalue weighted by atomic mass is 15.1. The molecule has 0 aliphatic heterocycles. The zero-order valence-corrected chi connectivity index (χ0v) is 28.8. The topological polar surface area (TPSA) is 38.4 Å². The number of hydrogen-bond acceptors (Lipinski definition) is 3. The summed E-state index contributed by atoms with van der Waals surface area (Å²) >= 11 is 0. The molecule has 0 saturated carbocycles. The molecule has 3 heterocycles. The van der Waals surface area contributed by atoms with Crippen molar-refractivity contribution < 1.29 is 0 Å². The minimum atomic E-state index is 0.669. The van der Waals surface area contributed by atoms with Crippen molar-refractivity contribution >= 4 is 44.6 Å². The van der Waals surface area contributed by atoms with Gasteiger partial charge in [0.2, 0.25) is 5.78 Å². The first-order valence-corrected chi connectivity index (χ1v) is 17.8. The third-order valence-electron chi connectivity index (χ3n) is 9.95. The van der Waals surface area contributed by atoms with Crippen LogP contribution in [-0.4, -0.2) is 18.9 Å². The van der Waals surface area contributed by atoms with Gasteiger partial charge in [0.1, 0.15) is 0 Å². The quantitative estimate of drug-likeness (QED) is 0.168. The van der Waals surface area contributed by atoms with E-state index in [0.717, 1.165) is 67.6 Å². The summed E-state index contributed by atoms with van der Waals surface area (Å²) in [7, 11) is 0. The van der Waals surface area contributed by atoms with Gasteiger partial charge in [-0.2, -0.15) is 0 Å². The molecule has 0 atom stereocenters. The zero-order valence-electron chi connectivity index (χ0n) is 28.8. The highest BCUT2D eigenvalue weighted by Gasteiger charge is 2.19. The van der Waals surface area contributed by atoms with Crippen molar-refractivity contribution in [1.29, 1.82) is 0 Å². The summed E-state index contributed by atoms with van der Waals surface area (Å²) in [6, 6.07) is 68.1. The highest BCUT2D eigenvalue weighted by Crippen LogP contribution is 2.40. The second kappa shape index (κ2) is 12.8. The van der Waals surface area contributed by atoms with Gasteiger partial charge in [-0.3, -0.25) is 4.40 Å². The molecule has 0 aliphatic rings. The van der Waals surface area contributed by atoms with Gasteiger partial charge in [0.25, 0.3) is 0 Å². The van der Waals surface area contributed by atoms with E-state index in [0.29, 0.717) is 5.78 Å². The molecular weight excluding hydrogens is 647 g/mol. The van der Waals surface area contributed by atoms with Crippen molar-refractivity contribution in [3.63, 3.8) is 0 Å². The van der Waals surface area contributed by atoms with Crippen LogP contribution in [0, 0.1) is 0 Å². The Morgan fingerprint density at radius 2 is 1.00 bits per heavy atom. The molecule has 0 fully saturated rings. The molecule has 53 heavy (non-hydrogen) atoms. The number of aromatic nitrogens is 4. The van der Waals surface area contributed by atoms with Crippen LogP contribution in [0.5, 0.6) is 0 Å². The van der Waals surface area contributed by atoms with Gasteiger partial charge in [0.05, 0.1) is 28.1 Å². The molecule has 0 spiro atoms.